The molecule has 0 aliphatic heterocycles. The van der Waals surface area contributed by atoms with Crippen molar-refractivity contribution in [3.63, 3.8) is 0 Å². The first kappa shape index (κ1) is 20.4. The van der Waals surface area contributed by atoms with Gasteiger partial charge in [-0.3, -0.25) is 4.79 Å². The number of nitrogens with one attached hydrogen (secondary N) is 1. The molecule has 144 valence electrons. The summed E-state index contributed by atoms with van der Waals surface area (Å²) in [5.74, 6) is -0.593. The van der Waals surface area contributed by atoms with E-state index in [1.54, 1.807) is 30.3 Å². The lowest BCUT2D eigenvalue weighted by molar-refractivity contribution is -0.119. The Balaban J connectivity index is 1.91. The van der Waals surface area contributed by atoms with E-state index in [1.165, 1.54) is 18.2 Å². The summed E-state index contributed by atoms with van der Waals surface area (Å²) in [6.45, 7) is 3.30. The van der Waals surface area contributed by atoms with Gasteiger partial charge in [0.1, 0.15) is 5.75 Å². The molecule has 2 rings (SSSR count). The average Bonchev–Trinajstić information content (AvgIpc) is 2.59. The molecule has 1 N–H and O–H groups in total. The summed E-state index contributed by atoms with van der Waals surface area (Å²) >= 11 is 0. The van der Waals surface area contributed by atoms with E-state index in [9.17, 15) is 18.0 Å². The number of hydrogen-bond acceptors (Lipinski definition) is 6. The molecule has 0 aromatic heterocycles. The second-order valence-corrected chi connectivity index (χ2v) is 8.13. The van der Waals surface area contributed by atoms with Crippen LogP contribution in [0.4, 0.5) is 5.69 Å². The van der Waals surface area contributed by atoms with Crippen molar-refractivity contribution in [3.05, 3.63) is 54.1 Å². The van der Waals surface area contributed by atoms with Crippen LogP contribution in [-0.2, 0) is 19.4 Å². The molecule has 27 heavy (non-hydrogen) atoms. The fourth-order valence-corrected chi connectivity index (χ4v) is 2.82. The van der Waals surface area contributed by atoms with Crippen molar-refractivity contribution in [3.8, 4) is 5.75 Å². The van der Waals surface area contributed by atoms with Crippen LogP contribution in [0.5, 0.6) is 5.75 Å². The smallest absolute Gasteiger partial charge is 0.338 e. The van der Waals surface area contributed by atoms with E-state index in [0.717, 1.165) is 6.26 Å². The van der Waals surface area contributed by atoms with Crippen molar-refractivity contribution in [2.24, 2.45) is 0 Å². The minimum absolute atomic E-state index is 0.0210. The lowest BCUT2D eigenvalue weighted by Crippen LogP contribution is -2.21. The molecule has 0 spiro atoms. The van der Waals surface area contributed by atoms with Gasteiger partial charge in [-0.1, -0.05) is 6.07 Å². The number of ether oxygens (including phenoxy) is 2. The summed E-state index contributed by atoms with van der Waals surface area (Å²) in [5.41, 5.74) is 0.590. The molecule has 0 aliphatic carbocycles. The lowest BCUT2D eigenvalue weighted by atomic mass is 10.2. The molecule has 2 aromatic rings. The Morgan fingerprint density at radius 2 is 1.74 bits per heavy atom. The highest BCUT2D eigenvalue weighted by atomic mass is 32.2. The van der Waals surface area contributed by atoms with E-state index in [-0.39, 0.29) is 16.6 Å². The summed E-state index contributed by atoms with van der Waals surface area (Å²) in [6.07, 6.45) is 1.10. The van der Waals surface area contributed by atoms with Crippen molar-refractivity contribution in [1.29, 1.82) is 0 Å². The Morgan fingerprint density at radius 1 is 1.07 bits per heavy atom. The Labute approximate surface area is 158 Å². The van der Waals surface area contributed by atoms with Crippen molar-refractivity contribution >= 4 is 27.4 Å². The molecule has 0 heterocycles. The van der Waals surface area contributed by atoms with E-state index in [2.05, 4.69) is 5.32 Å². The van der Waals surface area contributed by atoms with E-state index in [1.807, 2.05) is 13.8 Å². The van der Waals surface area contributed by atoms with Crippen LogP contribution in [0.15, 0.2) is 53.4 Å². The van der Waals surface area contributed by atoms with Crippen molar-refractivity contribution in [2.45, 2.75) is 24.8 Å². The maximum atomic E-state index is 12.0. The summed E-state index contributed by atoms with van der Waals surface area (Å²) in [7, 11) is -3.38. The maximum absolute atomic E-state index is 12.0. The van der Waals surface area contributed by atoms with Gasteiger partial charge in [-0.2, -0.15) is 0 Å². The number of hydrogen-bond donors (Lipinski definition) is 1. The van der Waals surface area contributed by atoms with Gasteiger partial charge in [-0.15, -0.1) is 0 Å². The number of sulfone groups is 1. The van der Waals surface area contributed by atoms with Crippen LogP contribution in [0.25, 0.3) is 0 Å². The topological polar surface area (TPSA) is 98.8 Å². The lowest BCUT2D eigenvalue weighted by Gasteiger charge is -2.10. The van der Waals surface area contributed by atoms with Crippen molar-refractivity contribution in [2.75, 3.05) is 18.2 Å². The van der Waals surface area contributed by atoms with Gasteiger partial charge in [0.15, 0.2) is 16.4 Å². The highest BCUT2D eigenvalue weighted by Crippen LogP contribution is 2.16. The summed E-state index contributed by atoms with van der Waals surface area (Å²) in [5, 5.41) is 2.49. The predicted octanol–water partition coefficient (Wildman–Crippen LogP) is 2.67. The molecule has 0 bridgehead atoms. The Bertz CT molecular complexity index is 919. The quantitative estimate of drug-likeness (QED) is 0.729. The third-order valence-corrected chi connectivity index (χ3v) is 4.45. The number of rotatable bonds is 7. The van der Waals surface area contributed by atoms with Gasteiger partial charge in [0.05, 0.1) is 16.6 Å². The van der Waals surface area contributed by atoms with Gasteiger partial charge >= 0.3 is 5.97 Å². The van der Waals surface area contributed by atoms with Crippen molar-refractivity contribution in [1.82, 2.24) is 0 Å². The number of esters is 1. The molecule has 0 aliphatic rings. The number of carbonyl (C=O) groups is 2. The van der Waals surface area contributed by atoms with Crippen LogP contribution >= 0.6 is 0 Å². The molecule has 8 heteroatoms. The van der Waals surface area contributed by atoms with Gasteiger partial charge in [-0.05, 0) is 56.3 Å². The maximum Gasteiger partial charge on any atom is 0.338 e. The van der Waals surface area contributed by atoms with E-state index in [4.69, 9.17) is 9.47 Å². The molecule has 0 radical (unpaired) electrons. The van der Waals surface area contributed by atoms with Gasteiger partial charge in [0.2, 0.25) is 0 Å². The first-order valence-electron chi connectivity index (χ1n) is 8.19. The summed E-state index contributed by atoms with van der Waals surface area (Å²) in [6, 6.07) is 12.2. The van der Waals surface area contributed by atoms with Crippen LogP contribution in [0.3, 0.4) is 0 Å². The molecule has 0 saturated heterocycles. The molecule has 0 atom stereocenters. The molecule has 0 unspecified atom stereocenters. The molecular formula is C19H21NO6S. The standard InChI is InChI=1S/C19H21NO6S/c1-13(2)26-16-9-7-14(8-10-16)19(22)25-12-18(21)20-15-5-4-6-17(11-15)27(3,23)24/h4-11,13H,12H2,1-3H3,(H,20,21). The second kappa shape index (κ2) is 8.68. The zero-order valence-corrected chi connectivity index (χ0v) is 16.1. The predicted molar refractivity (Wildman–Crippen MR) is 101 cm³/mol. The number of anilines is 1. The Hall–Kier alpha value is -2.87. The molecule has 1 amide bonds. The van der Waals surface area contributed by atoms with Crippen molar-refractivity contribution < 1.29 is 27.5 Å². The van der Waals surface area contributed by atoms with Crippen LogP contribution in [0.1, 0.15) is 24.2 Å². The average molecular weight is 391 g/mol. The van der Waals surface area contributed by atoms with Crippen LogP contribution in [0.2, 0.25) is 0 Å². The van der Waals surface area contributed by atoms with Crippen LogP contribution < -0.4 is 10.1 Å². The minimum Gasteiger partial charge on any atom is -0.491 e. The molecule has 0 fully saturated rings. The van der Waals surface area contributed by atoms with Crippen LogP contribution in [0, 0.1) is 0 Å². The third kappa shape index (κ3) is 6.41. The molecule has 2 aromatic carbocycles. The third-order valence-electron chi connectivity index (χ3n) is 3.34. The Morgan fingerprint density at radius 3 is 2.33 bits per heavy atom. The fraction of sp³-hybridized carbons (Fsp3) is 0.263. The van der Waals surface area contributed by atoms with E-state index < -0.39 is 28.3 Å². The highest BCUT2D eigenvalue weighted by Gasteiger charge is 2.12. The normalized spacial score (nSPS) is 11.1. The Kier molecular flexibility index (Phi) is 6.57. The first-order chi connectivity index (χ1) is 12.6. The van der Waals surface area contributed by atoms with Gasteiger partial charge in [0.25, 0.3) is 5.91 Å². The van der Waals surface area contributed by atoms with E-state index >= 15 is 0 Å². The minimum atomic E-state index is -3.38. The number of amides is 1. The number of carbonyl (C=O) groups excluding carboxylic acids is 2. The highest BCUT2D eigenvalue weighted by molar-refractivity contribution is 7.90. The van der Waals surface area contributed by atoms with Crippen LogP contribution in [-0.4, -0.2) is 39.3 Å². The van der Waals surface area contributed by atoms with E-state index in [0.29, 0.717) is 11.4 Å². The zero-order chi connectivity index (χ0) is 20.0. The second-order valence-electron chi connectivity index (χ2n) is 6.12. The summed E-state index contributed by atoms with van der Waals surface area (Å²) in [4.78, 5) is 24.0. The van der Waals surface area contributed by atoms with Gasteiger partial charge in [0, 0.05) is 11.9 Å². The van der Waals surface area contributed by atoms with Gasteiger partial charge < -0.3 is 14.8 Å². The fourth-order valence-electron chi connectivity index (χ4n) is 2.16. The molecular weight excluding hydrogens is 370 g/mol. The molecule has 0 saturated carbocycles. The zero-order valence-electron chi connectivity index (χ0n) is 15.3. The SMILES string of the molecule is CC(C)Oc1ccc(C(=O)OCC(=O)Nc2cccc(S(C)(=O)=O)c2)cc1. The first-order valence-corrected chi connectivity index (χ1v) is 10.1. The molecule has 7 nitrogen and oxygen atoms in total. The number of benzene rings is 2. The monoisotopic (exact) mass is 391 g/mol. The largest absolute Gasteiger partial charge is 0.491 e. The summed E-state index contributed by atoms with van der Waals surface area (Å²) < 4.78 is 33.5. The van der Waals surface area contributed by atoms with Gasteiger partial charge in [-0.25, -0.2) is 13.2 Å².